The van der Waals surface area contributed by atoms with Crippen molar-refractivity contribution in [3.05, 3.63) is 58.7 Å². The molecule has 1 N–H and O–H groups in total. The molecular weight excluding hydrogens is 500 g/mol. The van der Waals surface area contributed by atoms with Gasteiger partial charge in [-0.2, -0.15) is 0 Å². The quantitative estimate of drug-likeness (QED) is 0.295. The molecule has 0 bridgehead atoms. The molecule has 3 aliphatic heterocycles. The summed E-state index contributed by atoms with van der Waals surface area (Å²) in [5, 5.41) is 11.5. The maximum absolute atomic E-state index is 13.5. The predicted octanol–water partition coefficient (Wildman–Crippen LogP) is 3.56. The molecule has 39 heavy (non-hydrogen) atoms. The number of amides is 1. The lowest BCUT2D eigenvalue weighted by atomic mass is 9.94. The first-order valence-corrected chi connectivity index (χ1v) is 13.7. The van der Waals surface area contributed by atoms with Crippen molar-refractivity contribution in [1.29, 1.82) is 0 Å². The van der Waals surface area contributed by atoms with Gasteiger partial charge in [-0.3, -0.25) is 14.5 Å². The Kier molecular flexibility index (Phi) is 8.09. The largest absolute Gasteiger partial charge is 0.507 e. The molecule has 2 aromatic rings. The summed E-state index contributed by atoms with van der Waals surface area (Å²) in [5.74, 6) is 0.368. The summed E-state index contributed by atoms with van der Waals surface area (Å²) in [4.78, 5) is 30.7. The second-order valence-corrected chi connectivity index (χ2v) is 9.97. The van der Waals surface area contributed by atoms with Crippen molar-refractivity contribution in [1.82, 2.24) is 9.80 Å². The van der Waals surface area contributed by atoms with Crippen molar-refractivity contribution < 1.29 is 33.6 Å². The molecule has 0 aliphatic carbocycles. The van der Waals surface area contributed by atoms with Crippen LogP contribution in [0.5, 0.6) is 17.2 Å². The molecule has 0 saturated carbocycles. The minimum absolute atomic E-state index is 0.0454. The summed E-state index contributed by atoms with van der Waals surface area (Å²) in [6.07, 6.45) is 0.758. The molecule has 9 heteroatoms. The zero-order valence-electron chi connectivity index (χ0n) is 22.8. The molecule has 3 aliphatic rings. The highest BCUT2D eigenvalue weighted by atomic mass is 16.5. The molecule has 0 unspecified atom stereocenters. The number of benzene rings is 2. The number of Topliss-reactive ketones (excluding diaryl/α,β-unsaturated/α-hetero) is 1. The average molecular weight is 537 g/mol. The van der Waals surface area contributed by atoms with Crippen LogP contribution in [-0.2, 0) is 20.7 Å². The Labute approximate surface area is 228 Å². The fraction of sp³-hybridized carbons (Fsp3) is 0.467. The van der Waals surface area contributed by atoms with Crippen LogP contribution in [0.25, 0.3) is 5.76 Å². The van der Waals surface area contributed by atoms with Gasteiger partial charge in [0.05, 0.1) is 38.0 Å². The minimum Gasteiger partial charge on any atom is -0.507 e. The number of hydrogen-bond donors (Lipinski definition) is 1. The number of likely N-dealkylation sites (tertiary alicyclic amines) is 1. The van der Waals surface area contributed by atoms with Crippen molar-refractivity contribution in [2.45, 2.75) is 39.3 Å². The van der Waals surface area contributed by atoms with Gasteiger partial charge in [-0.25, -0.2) is 0 Å². The van der Waals surface area contributed by atoms with E-state index in [1.54, 1.807) is 23.1 Å². The van der Waals surface area contributed by atoms with Gasteiger partial charge in [0.1, 0.15) is 17.6 Å². The van der Waals surface area contributed by atoms with Gasteiger partial charge in [-0.05, 0) is 62.2 Å². The third kappa shape index (κ3) is 5.46. The molecule has 2 aromatic carbocycles. The maximum atomic E-state index is 13.5. The zero-order chi connectivity index (χ0) is 27.5. The van der Waals surface area contributed by atoms with Gasteiger partial charge in [0.2, 0.25) is 0 Å². The van der Waals surface area contributed by atoms with E-state index in [4.69, 9.17) is 18.9 Å². The number of carbonyl (C=O) groups is 2. The lowest BCUT2D eigenvalue weighted by Crippen LogP contribution is -2.42. The van der Waals surface area contributed by atoms with Crippen LogP contribution in [0.4, 0.5) is 0 Å². The predicted molar refractivity (Wildman–Crippen MR) is 145 cm³/mol. The molecule has 5 rings (SSSR count). The van der Waals surface area contributed by atoms with E-state index in [0.29, 0.717) is 68.6 Å². The average Bonchev–Trinajstić information content (AvgIpc) is 3.44. The molecule has 208 valence electrons. The Morgan fingerprint density at radius 2 is 1.74 bits per heavy atom. The third-order valence-corrected chi connectivity index (χ3v) is 7.35. The Bertz CT molecular complexity index is 1270. The van der Waals surface area contributed by atoms with Crippen molar-refractivity contribution in [3.63, 3.8) is 0 Å². The van der Waals surface area contributed by atoms with Crippen LogP contribution in [0, 0.1) is 0 Å². The lowest BCUT2D eigenvalue weighted by molar-refractivity contribution is -0.140. The SMILES string of the molecule is CCOc1ccc([C@@H]2/C(=C(\O)c3ccc4c(c3)C[C@H](C)O4)C(=O)C(=O)N2CCN2CCOCC2)cc1OCC. The Balaban J connectivity index is 1.57. The molecule has 1 amide bonds. The second kappa shape index (κ2) is 11.7. The van der Waals surface area contributed by atoms with E-state index in [0.717, 1.165) is 24.4 Å². The van der Waals surface area contributed by atoms with Gasteiger partial charge in [0, 0.05) is 38.2 Å². The van der Waals surface area contributed by atoms with Crippen LogP contribution in [0.3, 0.4) is 0 Å². The van der Waals surface area contributed by atoms with Crippen molar-refractivity contribution >= 4 is 17.4 Å². The van der Waals surface area contributed by atoms with E-state index in [9.17, 15) is 14.7 Å². The minimum atomic E-state index is -0.774. The first-order valence-electron chi connectivity index (χ1n) is 13.7. The van der Waals surface area contributed by atoms with Gasteiger partial charge in [-0.1, -0.05) is 6.07 Å². The van der Waals surface area contributed by atoms with Gasteiger partial charge in [0.15, 0.2) is 11.5 Å². The first-order chi connectivity index (χ1) is 18.9. The zero-order valence-corrected chi connectivity index (χ0v) is 22.8. The van der Waals surface area contributed by atoms with E-state index < -0.39 is 17.7 Å². The summed E-state index contributed by atoms with van der Waals surface area (Å²) in [6.45, 7) is 10.4. The lowest BCUT2D eigenvalue weighted by Gasteiger charge is -2.31. The third-order valence-electron chi connectivity index (χ3n) is 7.35. The molecule has 2 atom stereocenters. The van der Waals surface area contributed by atoms with E-state index >= 15 is 0 Å². The summed E-state index contributed by atoms with van der Waals surface area (Å²) in [7, 11) is 0. The van der Waals surface area contributed by atoms with Gasteiger partial charge in [-0.15, -0.1) is 0 Å². The summed E-state index contributed by atoms with van der Waals surface area (Å²) in [5.41, 5.74) is 2.19. The van der Waals surface area contributed by atoms with Crippen LogP contribution in [0.1, 0.15) is 43.5 Å². The van der Waals surface area contributed by atoms with E-state index in [2.05, 4.69) is 4.90 Å². The first kappa shape index (κ1) is 27.0. The number of morpholine rings is 1. The summed E-state index contributed by atoms with van der Waals surface area (Å²) >= 11 is 0. The number of aliphatic hydroxyl groups is 1. The van der Waals surface area contributed by atoms with E-state index in [1.165, 1.54) is 0 Å². The number of ether oxygens (including phenoxy) is 4. The standard InChI is InChI=1S/C30H36N2O7/c1-4-37-24-9-6-20(18-25(24)38-5-2)27-26(28(33)21-7-8-23-22(17-21)16-19(3)39-23)29(34)30(35)32(27)11-10-31-12-14-36-15-13-31/h6-9,17-19,27,33H,4-5,10-16H2,1-3H3/b28-26+/t19-,27+/m0/s1. The smallest absolute Gasteiger partial charge is 0.295 e. The number of fused-ring (bicyclic) bond motifs is 1. The highest BCUT2D eigenvalue weighted by Crippen LogP contribution is 2.42. The monoisotopic (exact) mass is 536 g/mol. The molecule has 2 fully saturated rings. The van der Waals surface area contributed by atoms with Crippen LogP contribution >= 0.6 is 0 Å². The summed E-state index contributed by atoms with van der Waals surface area (Å²) < 4.78 is 22.8. The number of rotatable bonds is 9. The fourth-order valence-electron chi connectivity index (χ4n) is 5.49. The Morgan fingerprint density at radius 1 is 1.00 bits per heavy atom. The van der Waals surface area contributed by atoms with Gasteiger partial charge < -0.3 is 29.0 Å². The topological polar surface area (TPSA) is 97.8 Å². The van der Waals surface area contributed by atoms with Crippen LogP contribution in [0.15, 0.2) is 42.0 Å². The highest BCUT2D eigenvalue weighted by molar-refractivity contribution is 6.46. The van der Waals surface area contributed by atoms with Gasteiger partial charge >= 0.3 is 0 Å². The molecule has 0 radical (unpaired) electrons. The Hall–Kier alpha value is -3.56. The number of nitrogens with zero attached hydrogens (tertiary/aromatic N) is 2. The molecule has 0 aromatic heterocycles. The highest BCUT2D eigenvalue weighted by Gasteiger charge is 2.46. The number of aliphatic hydroxyl groups excluding tert-OH is 1. The molecular formula is C30H36N2O7. The summed E-state index contributed by atoms with van der Waals surface area (Å²) in [6, 6.07) is 10.0. The van der Waals surface area contributed by atoms with Crippen molar-refractivity contribution in [3.8, 4) is 17.2 Å². The second-order valence-electron chi connectivity index (χ2n) is 9.97. The molecule has 0 spiro atoms. The van der Waals surface area contributed by atoms with Crippen LogP contribution in [-0.4, -0.2) is 85.3 Å². The normalized spacial score (nSPS) is 22.6. The Morgan fingerprint density at radius 3 is 2.49 bits per heavy atom. The number of ketones is 1. The number of hydrogen-bond acceptors (Lipinski definition) is 8. The molecule has 9 nitrogen and oxygen atoms in total. The van der Waals surface area contributed by atoms with Crippen LogP contribution in [0.2, 0.25) is 0 Å². The van der Waals surface area contributed by atoms with E-state index in [1.807, 2.05) is 39.0 Å². The van der Waals surface area contributed by atoms with Crippen molar-refractivity contribution in [2.75, 3.05) is 52.6 Å². The number of carbonyl (C=O) groups excluding carboxylic acids is 2. The maximum Gasteiger partial charge on any atom is 0.295 e. The molecule has 2 saturated heterocycles. The van der Waals surface area contributed by atoms with Crippen LogP contribution < -0.4 is 14.2 Å². The molecule has 3 heterocycles. The van der Waals surface area contributed by atoms with Crippen molar-refractivity contribution in [2.24, 2.45) is 0 Å². The van der Waals surface area contributed by atoms with E-state index in [-0.39, 0.29) is 17.4 Å². The van der Waals surface area contributed by atoms with Gasteiger partial charge in [0.25, 0.3) is 11.7 Å². The fourth-order valence-corrected chi connectivity index (χ4v) is 5.49.